The molecule has 2 rings (SSSR count). The van der Waals surface area contributed by atoms with Crippen LogP contribution in [0.2, 0.25) is 0 Å². The molecule has 24 heavy (non-hydrogen) atoms. The lowest BCUT2D eigenvalue weighted by atomic mass is 10.1. The van der Waals surface area contributed by atoms with Crippen LogP contribution in [0.4, 0.5) is 5.69 Å². The van der Waals surface area contributed by atoms with Crippen molar-refractivity contribution in [3.63, 3.8) is 0 Å². The van der Waals surface area contributed by atoms with Gasteiger partial charge in [-0.05, 0) is 18.6 Å². The van der Waals surface area contributed by atoms with Gasteiger partial charge in [-0.15, -0.1) is 0 Å². The average molecular weight is 334 g/mol. The number of benzene rings is 1. The van der Waals surface area contributed by atoms with Gasteiger partial charge in [-0.25, -0.2) is 0 Å². The Hall–Kier alpha value is -2.24. The zero-order chi connectivity index (χ0) is 17.2. The topological polar surface area (TPSA) is 76.7 Å². The van der Waals surface area contributed by atoms with Gasteiger partial charge in [-0.2, -0.15) is 0 Å². The molecule has 2 N–H and O–H groups in total. The van der Waals surface area contributed by atoms with Gasteiger partial charge in [0.15, 0.2) is 11.5 Å². The molecule has 0 radical (unpaired) electrons. The van der Waals surface area contributed by atoms with E-state index in [0.717, 1.165) is 12.8 Å². The zero-order valence-electron chi connectivity index (χ0n) is 14.2. The molecule has 1 aliphatic heterocycles. The fraction of sp³-hybridized carbons (Fsp3) is 0.556. The number of fused-ring (bicyclic) bond motifs is 1. The summed E-state index contributed by atoms with van der Waals surface area (Å²) < 4.78 is 10.9. The predicted octanol–water partition coefficient (Wildman–Crippen LogP) is 2.87. The number of carbonyl (C=O) groups excluding carboxylic acids is 2. The summed E-state index contributed by atoms with van der Waals surface area (Å²) in [4.78, 5) is 23.7. The number of rotatable bonds is 8. The number of carbonyl (C=O) groups is 2. The lowest BCUT2D eigenvalue weighted by Gasteiger charge is -2.18. The van der Waals surface area contributed by atoms with E-state index in [4.69, 9.17) is 9.47 Å². The highest BCUT2D eigenvalue weighted by atomic mass is 16.6. The van der Waals surface area contributed by atoms with Crippen LogP contribution in [0.1, 0.15) is 45.4 Å². The van der Waals surface area contributed by atoms with Crippen LogP contribution >= 0.6 is 0 Å². The Morgan fingerprint density at radius 3 is 2.46 bits per heavy atom. The van der Waals surface area contributed by atoms with E-state index in [9.17, 15) is 9.59 Å². The van der Waals surface area contributed by atoms with E-state index in [1.165, 1.54) is 25.7 Å². The number of hydrogen-bond donors (Lipinski definition) is 2. The first-order chi connectivity index (χ1) is 11.7. The van der Waals surface area contributed by atoms with Crippen molar-refractivity contribution in [2.75, 3.05) is 25.1 Å². The van der Waals surface area contributed by atoms with Crippen LogP contribution in [-0.2, 0) is 9.59 Å². The second-order valence-electron chi connectivity index (χ2n) is 5.84. The fourth-order valence-electron chi connectivity index (χ4n) is 2.50. The Kier molecular flexibility index (Phi) is 7.39. The lowest BCUT2D eigenvalue weighted by molar-refractivity contribution is -0.136. The van der Waals surface area contributed by atoms with Crippen LogP contribution in [0.5, 0.6) is 11.5 Å². The molecule has 6 heteroatoms. The van der Waals surface area contributed by atoms with Crippen molar-refractivity contribution in [1.29, 1.82) is 0 Å². The summed E-state index contributed by atoms with van der Waals surface area (Å²) in [5, 5.41) is 5.22. The Bertz CT molecular complexity index is 560. The zero-order valence-corrected chi connectivity index (χ0v) is 14.2. The monoisotopic (exact) mass is 334 g/mol. The maximum absolute atomic E-state index is 11.9. The molecule has 0 aromatic heterocycles. The highest BCUT2D eigenvalue weighted by molar-refractivity contribution is 6.39. The van der Waals surface area contributed by atoms with Crippen molar-refractivity contribution < 1.29 is 19.1 Å². The van der Waals surface area contributed by atoms with Gasteiger partial charge in [-0.1, -0.05) is 39.0 Å². The number of amides is 2. The summed E-state index contributed by atoms with van der Waals surface area (Å²) in [6.45, 7) is 3.70. The number of hydrogen-bond acceptors (Lipinski definition) is 4. The molecule has 1 aromatic rings. The van der Waals surface area contributed by atoms with Gasteiger partial charge in [0.2, 0.25) is 0 Å². The van der Waals surface area contributed by atoms with Crippen LogP contribution in [0, 0.1) is 0 Å². The highest BCUT2D eigenvalue weighted by Gasteiger charge is 2.16. The first kappa shape index (κ1) is 18.1. The van der Waals surface area contributed by atoms with E-state index >= 15 is 0 Å². The molecule has 6 nitrogen and oxygen atoms in total. The molecule has 1 heterocycles. The molecule has 0 aliphatic carbocycles. The van der Waals surface area contributed by atoms with Crippen molar-refractivity contribution in [3.8, 4) is 11.5 Å². The third kappa shape index (κ3) is 5.76. The molecular weight excluding hydrogens is 308 g/mol. The minimum atomic E-state index is -0.669. The summed E-state index contributed by atoms with van der Waals surface area (Å²) in [6.07, 6.45) is 6.85. The van der Waals surface area contributed by atoms with Crippen LogP contribution in [0.25, 0.3) is 0 Å². The van der Waals surface area contributed by atoms with Crippen molar-refractivity contribution in [3.05, 3.63) is 18.2 Å². The van der Waals surface area contributed by atoms with Gasteiger partial charge in [0.25, 0.3) is 0 Å². The third-order valence-corrected chi connectivity index (χ3v) is 3.82. The number of unbranched alkanes of at least 4 members (excludes halogenated alkanes) is 5. The number of anilines is 1. The van der Waals surface area contributed by atoms with Gasteiger partial charge in [0.05, 0.1) is 0 Å². The molecule has 0 spiro atoms. The van der Waals surface area contributed by atoms with E-state index in [1.54, 1.807) is 18.2 Å². The predicted molar refractivity (Wildman–Crippen MR) is 92.4 cm³/mol. The van der Waals surface area contributed by atoms with Crippen LogP contribution in [0.15, 0.2) is 18.2 Å². The van der Waals surface area contributed by atoms with Gasteiger partial charge in [0.1, 0.15) is 13.2 Å². The Morgan fingerprint density at radius 2 is 1.67 bits per heavy atom. The second kappa shape index (κ2) is 9.80. The summed E-state index contributed by atoms with van der Waals surface area (Å²) in [6, 6.07) is 5.07. The normalized spacial score (nSPS) is 12.5. The molecule has 0 saturated carbocycles. The van der Waals surface area contributed by atoms with Crippen molar-refractivity contribution in [1.82, 2.24) is 5.32 Å². The fourth-order valence-corrected chi connectivity index (χ4v) is 2.50. The van der Waals surface area contributed by atoms with Crippen molar-refractivity contribution >= 4 is 17.5 Å². The van der Waals surface area contributed by atoms with Gasteiger partial charge >= 0.3 is 11.8 Å². The average Bonchev–Trinajstić information content (AvgIpc) is 2.60. The van der Waals surface area contributed by atoms with Crippen LogP contribution in [0.3, 0.4) is 0 Å². The van der Waals surface area contributed by atoms with E-state index in [0.29, 0.717) is 36.9 Å². The molecule has 0 bridgehead atoms. The summed E-state index contributed by atoms with van der Waals surface area (Å²) in [7, 11) is 0. The molecule has 1 aromatic carbocycles. The van der Waals surface area contributed by atoms with E-state index < -0.39 is 11.8 Å². The Morgan fingerprint density at radius 1 is 0.958 bits per heavy atom. The quantitative estimate of drug-likeness (QED) is 0.566. The first-order valence-electron chi connectivity index (χ1n) is 8.69. The van der Waals surface area contributed by atoms with Gasteiger partial charge in [-0.3, -0.25) is 9.59 Å². The van der Waals surface area contributed by atoms with Gasteiger partial charge < -0.3 is 20.1 Å². The lowest BCUT2D eigenvalue weighted by Crippen LogP contribution is -2.35. The summed E-state index contributed by atoms with van der Waals surface area (Å²) >= 11 is 0. The second-order valence-corrected chi connectivity index (χ2v) is 5.84. The molecule has 0 unspecified atom stereocenters. The Labute approximate surface area is 142 Å². The third-order valence-electron chi connectivity index (χ3n) is 3.82. The molecule has 0 atom stereocenters. The molecule has 0 saturated heterocycles. The van der Waals surface area contributed by atoms with E-state index in [2.05, 4.69) is 17.6 Å². The largest absolute Gasteiger partial charge is 0.486 e. The molecule has 1 aliphatic rings. The summed E-state index contributed by atoms with van der Waals surface area (Å²) in [5.74, 6) is -0.0607. The number of ether oxygens (including phenoxy) is 2. The first-order valence-corrected chi connectivity index (χ1v) is 8.69. The van der Waals surface area contributed by atoms with Crippen molar-refractivity contribution in [2.24, 2.45) is 0 Å². The van der Waals surface area contributed by atoms with Crippen LogP contribution in [-0.4, -0.2) is 31.6 Å². The maximum Gasteiger partial charge on any atom is 0.313 e. The number of nitrogens with one attached hydrogen (secondary N) is 2. The standard InChI is InChI=1S/C18H26N2O4/c1-2-3-4-5-6-7-10-19-17(21)18(22)20-14-8-9-15-16(13-14)24-12-11-23-15/h8-9,13H,2-7,10-12H2,1H3,(H,19,21)(H,20,22). The Balaban J connectivity index is 1.69. The summed E-state index contributed by atoms with van der Waals surface area (Å²) in [5.41, 5.74) is 0.513. The van der Waals surface area contributed by atoms with E-state index in [-0.39, 0.29) is 0 Å². The SMILES string of the molecule is CCCCCCCCNC(=O)C(=O)Nc1ccc2c(c1)OCCO2. The molecule has 2 amide bonds. The molecule has 132 valence electrons. The minimum absolute atomic E-state index is 0.475. The van der Waals surface area contributed by atoms with Gasteiger partial charge in [0, 0.05) is 18.3 Å². The maximum atomic E-state index is 11.9. The smallest absolute Gasteiger partial charge is 0.313 e. The van der Waals surface area contributed by atoms with E-state index in [1.807, 2.05) is 0 Å². The van der Waals surface area contributed by atoms with Crippen molar-refractivity contribution in [2.45, 2.75) is 45.4 Å². The highest BCUT2D eigenvalue weighted by Crippen LogP contribution is 2.32. The van der Waals surface area contributed by atoms with Crippen LogP contribution < -0.4 is 20.1 Å². The molecule has 0 fully saturated rings. The minimum Gasteiger partial charge on any atom is -0.486 e. The molecular formula is C18H26N2O4.